The highest BCUT2D eigenvalue weighted by atomic mass is 16.5. The normalized spacial score (nSPS) is 10.6. The minimum atomic E-state index is -0.408. The van der Waals surface area contributed by atoms with Gasteiger partial charge in [-0.25, -0.2) is 0 Å². The average Bonchev–Trinajstić information content (AvgIpc) is 2.66. The van der Waals surface area contributed by atoms with E-state index in [9.17, 15) is 9.90 Å². The van der Waals surface area contributed by atoms with Crippen molar-refractivity contribution in [1.29, 1.82) is 0 Å². The van der Waals surface area contributed by atoms with E-state index >= 15 is 0 Å². The van der Waals surface area contributed by atoms with Crippen molar-refractivity contribution in [2.24, 2.45) is 0 Å². The van der Waals surface area contributed by atoms with Gasteiger partial charge in [-0.1, -0.05) is 0 Å². The highest BCUT2D eigenvalue weighted by Gasteiger charge is 2.24. The number of phenolic OH excluding ortho intramolecular Hbond substituents is 1. The molecule has 0 fully saturated rings. The monoisotopic (exact) mass is 358 g/mol. The van der Waals surface area contributed by atoms with E-state index in [2.05, 4.69) is 0 Å². The molecule has 1 aromatic heterocycles. The molecule has 1 N–H and O–H groups in total. The average molecular weight is 358 g/mol. The molecule has 7 nitrogen and oxygen atoms in total. The Morgan fingerprint density at radius 2 is 1.46 bits per heavy atom. The molecule has 0 saturated carbocycles. The summed E-state index contributed by atoms with van der Waals surface area (Å²) in [6.07, 6.45) is 0. The van der Waals surface area contributed by atoms with E-state index in [4.69, 9.17) is 23.4 Å². The van der Waals surface area contributed by atoms with Gasteiger partial charge in [0, 0.05) is 11.6 Å². The maximum atomic E-state index is 13.1. The van der Waals surface area contributed by atoms with Crippen LogP contribution in [0.3, 0.4) is 0 Å². The zero-order chi connectivity index (χ0) is 18.8. The van der Waals surface area contributed by atoms with Gasteiger partial charge in [-0.15, -0.1) is 0 Å². The molecule has 26 heavy (non-hydrogen) atoms. The highest BCUT2D eigenvalue weighted by molar-refractivity contribution is 5.91. The van der Waals surface area contributed by atoms with Gasteiger partial charge in [0.25, 0.3) is 0 Å². The molecular weight excluding hydrogens is 340 g/mol. The van der Waals surface area contributed by atoms with Crippen LogP contribution in [0.15, 0.2) is 39.5 Å². The lowest BCUT2D eigenvalue weighted by atomic mass is 10.1. The van der Waals surface area contributed by atoms with Crippen molar-refractivity contribution in [2.45, 2.75) is 0 Å². The number of ether oxygens (including phenoxy) is 4. The first kappa shape index (κ1) is 17.5. The molecule has 7 heteroatoms. The Morgan fingerprint density at radius 1 is 0.846 bits per heavy atom. The van der Waals surface area contributed by atoms with Gasteiger partial charge in [0.05, 0.1) is 28.4 Å². The molecule has 0 aliphatic rings. The van der Waals surface area contributed by atoms with Crippen molar-refractivity contribution >= 4 is 11.0 Å². The molecule has 3 rings (SSSR count). The van der Waals surface area contributed by atoms with E-state index in [1.807, 2.05) is 0 Å². The molecule has 0 atom stereocenters. The Labute approximate surface area is 149 Å². The first-order chi connectivity index (χ1) is 12.5. The molecule has 0 unspecified atom stereocenters. The smallest absolute Gasteiger partial charge is 0.239 e. The van der Waals surface area contributed by atoms with Gasteiger partial charge in [-0.3, -0.25) is 4.79 Å². The molecule has 0 spiro atoms. The van der Waals surface area contributed by atoms with Gasteiger partial charge in [-0.05, 0) is 24.3 Å². The molecule has 0 aliphatic carbocycles. The van der Waals surface area contributed by atoms with Crippen molar-refractivity contribution in [1.82, 2.24) is 0 Å². The zero-order valence-corrected chi connectivity index (χ0v) is 14.8. The number of methoxy groups -OCH3 is 4. The molecular formula is C19H18O7. The zero-order valence-electron chi connectivity index (χ0n) is 14.8. The lowest BCUT2D eigenvalue weighted by molar-refractivity contribution is 0.325. The summed E-state index contributed by atoms with van der Waals surface area (Å²) in [4.78, 5) is 13.1. The predicted molar refractivity (Wildman–Crippen MR) is 95.8 cm³/mol. The summed E-state index contributed by atoms with van der Waals surface area (Å²) in [5.74, 6) is 1.21. The summed E-state index contributed by atoms with van der Waals surface area (Å²) in [6.45, 7) is 0. The number of aromatic hydroxyl groups is 1. The van der Waals surface area contributed by atoms with Crippen molar-refractivity contribution in [3.63, 3.8) is 0 Å². The van der Waals surface area contributed by atoms with Crippen LogP contribution in [-0.2, 0) is 0 Å². The fraction of sp³-hybridized carbons (Fsp3) is 0.211. The lowest BCUT2D eigenvalue weighted by Crippen LogP contribution is -2.10. The lowest BCUT2D eigenvalue weighted by Gasteiger charge is -2.15. The van der Waals surface area contributed by atoms with E-state index in [-0.39, 0.29) is 39.7 Å². The molecule has 0 bridgehead atoms. The third-order valence-corrected chi connectivity index (χ3v) is 3.98. The molecule has 0 saturated heterocycles. The van der Waals surface area contributed by atoms with E-state index in [1.54, 1.807) is 18.2 Å². The van der Waals surface area contributed by atoms with Gasteiger partial charge in [0.15, 0.2) is 17.3 Å². The second kappa shape index (κ2) is 6.87. The summed E-state index contributed by atoms with van der Waals surface area (Å²) in [5, 5.41) is 9.66. The van der Waals surface area contributed by atoms with Crippen LogP contribution in [0.1, 0.15) is 0 Å². The molecule has 136 valence electrons. The Morgan fingerprint density at radius 3 is 2.00 bits per heavy atom. The summed E-state index contributed by atoms with van der Waals surface area (Å²) in [7, 11) is 5.74. The number of rotatable bonds is 5. The van der Waals surface area contributed by atoms with Crippen molar-refractivity contribution in [3.8, 4) is 40.1 Å². The third-order valence-electron chi connectivity index (χ3n) is 3.98. The maximum Gasteiger partial charge on any atom is 0.239 e. The summed E-state index contributed by atoms with van der Waals surface area (Å²) < 4.78 is 27.3. The third kappa shape index (κ3) is 2.67. The number of hydrogen-bond acceptors (Lipinski definition) is 7. The molecule has 0 amide bonds. The van der Waals surface area contributed by atoms with Gasteiger partial charge in [0.1, 0.15) is 16.7 Å². The Hall–Kier alpha value is -3.35. The highest BCUT2D eigenvalue weighted by Crippen LogP contribution is 2.44. The van der Waals surface area contributed by atoms with E-state index in [0.29, 0.717) is 11.3 Å². The maximum absolute atomic E-state index is 13.1. The number of fused-ring (bicyclic) bond motifs is 1. The second-order valence-corrected chi connectivity index (χ2v) is 5.36. The number of benzene rings is 2. The number of phenols is 1. The molecule has 1 heterocycles. The summed E-state index contributed by atoms with van der Waals surface area (Å²) >= 11 is 0. The Kier molecular flexibility index (Phi) is 4.62. The minimum Gasteiger partial charge on any atom is -0.508 e. The number of hydrogen-bond donors (Lipinski definition) is 1. The Balaban J connectivity index is 2.43. The predicted octanol–water partition coefficient (Wildman–Crippen LogP) is 3.20. The van der Waals surface area contributed by atoms with Gasteiger partial charge in [-0.2, -0.15) is 0 Å². The fourth-order valence-electron chi connectivity index (χ4n) is 2.79. The topological polar surface area (TPSA) is 87.4 Å². The van der Waals surface area contributed by atoms with Crippen LogP contribution in [0, 0.1) is 0 Å². The first-order valence-corrected chi connectivity index (χ1v) is 7.68. The van der Waals surface area contributed by atoms with Crippen LogP contribution in [0.25, 0.3) is 22.3 Å². The second-order valence-electron chi connectivity index (χ2n) is 5.36. The molecule has 2 aromatic carbocycles. The van der Waals surface area contributed by atoms with Gasteiger partial charge >= 0.3 is 0 Å². The van der Waals surface area contributed by atoms with Crippen LogP contribution < -0.4 is 24.4 Å². The summed E-state index contributed by atoms with van der Waals surface area (Å²) in [5.41, 5.74) is 0.426. The van der Waals surface area contributed by atoms with E-state index in [1.165, 1.54) is 40.6 Å². The Bertz CT molecular complexity index is 1000. The van der Waals surface area contributed by atoms with Crippen LogP contribution in [0.2, 0.25) is 0 Å². The molecule has 3 aromatic rings. The van der Waals surface area contributed by atoms with Crippen LogP contribution in [-0.4, -0.2) is 33.5 Å². The minimum absolute atomic E-state index is 0.0220. The van der Waals surface area contributed by atoms with Gasteiger partial charge < -0.3 is 28.5 Å². The standard InChI is InChI=1S/C19H18O7/c1-22-13-9-12-14(18(24-3)17(13)23-2)15(21)19(25-4)16(26-12)10-5-7-11(20)8-6-10/h5-9,20H,1-4H3. The SMILES string of the molecule is COc1cc2oc(-c3ccc(O)cc3)c(OC)c(=O)c2c(OC)c1OC. The summed E-state index contributed by atoms with van der Waals surface area (Å²) in [6, 6.07) is 7.80. The quantitative estimate of drug-likeness (QED) is 0.749. The largest absolute Gasteiger partial charge is 0.508 e. The van der Waals surface area contributed by atoms with Crippen LogP contribution in [0.5, 0.6) is 28.7 Å². The van der Waals surface area contributed by atoms with E-state index in [0.717, 1.165) is 0 Å². The van der Waals surface area contributed by atoms with E-state index < -0.39 is 5.43 Å². The molecule has 0 aliphatic heterocycles. The van der Waals surface area contributed by atoms with Crippen molar-refractivity contribution in [2.75, 3.05) is 28.4 Å². The first-order valence-electron chi connectivity index (χ1n) is 7.68. The van der Waals surface area contributed by atoms with Crippen molar-refractivity contribution in [3.05, 3.63) is 40.6 Å². The van der Waals surface area contributed by atoms with Gasteiger partial charge in [0.2, 0.25) is 16.9 Å². The van der Waals surface area contributed by atoms with Crippen molar-refractivity contribution < 1.29 is 28.5 Å². The molecule has 0 radical (unpaired) electrons. The van der Waals surface area contributed by atoms with Crippen LogP contribution in [0.4, 0.5) is 0 Å². The fourth-order valence-corrected chi connectivity index (χ4v) is 2.79. The van der Waals surface area contributed by atoms with Crippen LogP contribution >= 0.6 is 0 Å².